The van der Waals surface area contributed by atoms with Crippen molar-refractivity contribution in [3.63, 3.8) is 0 Å². The molecule has 0 radical (unpaired) electrons. The normalized spacial score (nSPS) is 18.7. The van der Waals surface area contributed by atoms with Gasteiger partial charge in [0.05, 0.1) is 7.11 Å². The third-order valence-corrected chi connectivity index (χ3v) is 4.89. The number of nitrogens with zero attached hydrogens (tertiary/aromatic N) is 1. The van der Waals surface area contributed by atoms with Crippen molar-refractivity contribution in [3.8, 4) is 5.75 Å². The lowest BCUT2D eigenvalue weighted by Gasteiger charge is -2.14. The molecular weight excluding hydrogens is 272 g/mol. The number of carbonyl (C=O) groups is 1. The second kappa shape index (κ2) is 5.40. The highest BCUT2D eigenvalue weighted by molar-refractivity contribution is 7.99. The van der Waals surface area contributed by atoms with Crippen LogP contribution in [-0.4, -0.2) is 47.5 Å². The summed E-state index contributed by atoms with van der Waals surface area (Å²) in [5, 5.41) is 1.52. The Kier molecular flexibility index (Phi) is 3.61. The molecular formula is C15H18N2O2S. The fourth-order valence-corrected chi connectivity index (χ4v) is 3.37. The molecule has 0 spiro atoms. The molecule has 1 aliphatic heterocycles. The van der Waals surface area contributed by atoms with Gasteiger partial charge in [-0.25, -0.2) is 0 Å². The number of nitrogens with one attached hydrogen (secondary N) is 1. The summed E-state index contributed by atoms with van der Waals surface area (Å²) < 4.78 is 5.33. The Labute approximate surface area is 122 Å². The maximum atomic E-state index is 12.5. The van der Waals surface area contributed by atoms with Gasteiger partial charge in [-0.2, -0.15) is 11.8 Å². The molecule has 0 unspecified atom stereocenters. The molecule has 1 atom stereocenters. The Bertz CT molecular complexity index is 638. The lowest BCUT2D eigenvalue weighted by molar-refractivity contribution is 0.0788. The van der Waals surface area contributed by atoms with Gasteiger partial charge in [0.15, 0.2) is 0 Å². The molecule has 1 aromatic carbocycles. The largest absolute Gasteiger partial charge is 0.496 e. The topological polar surface area (TPSA) is 45.3 Å². The van der Waals surface area contributed by atoms with E-state index in [1.807, 2.05) is 40.9 Å². The summed E-state index contributed by atoms with van der Waals surface area (Å²) in [6.45, 7) is 1.68. The van der Waals surface area contributed by atoms with Crippen LogP contribution in [0.4, 0.5) is 0 Å². The van der Waals surface area contributed by atoms with Crippen LogP contribution in [0.25, 0.3) is 10.9 Å². The third-order valence-electron chi connectivity index (χ3n) is 3.84. The zero-order valence-electron chi connectivity index (χ0n) is 11.7. The van der Waals surface area contributed by atoms with E-state index in [2.05, 4.69) is 11.2 Å². The molecule has 1 fully saturated rings. The number of benzene rings is 1. The fraction of sp³-hybridized carbons (Fsp3) is 0.400. The Balaban J connectivity index is 1.89. The van der Waals surface area contributed by atoms with Crippen molar-refractivity contribution in [2.24, 2.45) is 0 Å². The highest BCUT2D eigenvalue weighted by Gasteiger charge is 2.27. The van der Waals surface area contributed by atoms with Crippen molar-refractivity contribution >= 4 is 28.6 Å². The smallest absolute Gasteiger partial charge is 0.270 e. The van der Waals surface area contributed by atoms with Crippen molar-refractivity contribution in [3.05, 3.63) is 30.0 Å². The fourth-order valence-electron chi connectivity index (χ4n) is 2.70. The predicted octanol–water partition coefficient (Wildman–Crippen LogP) is 2.75. The molecule has 2 aromatic rings. The lowest BCUT2D eigenvalue weighted by atomic mass is 10.2. The van der Waals surface area contributed by atoms with Crippen LogP contribution in [0.1, 0.15) is 16.9 Å². The van der Waals surface area contributed by atoms with E-state index in [0.29, 0.717) is 10.9 Å². The first-order chi connectivity index (χ1) is 9.72. The number of carbonyl (C=O) groups excluding carboxylic acids is 1. The van der Waals surface area contributed by atoms with E-state index in [9.17, 15) is 4.79 Å². The third kappa shape index (κ3) is 2.26. The van der Waals surface area contributed by atoms with Gasteiger partial charge in [-0.05, 0) is 30.9 Å². The molecule has 0 aliphatic carbocycles. The Hall–Kier alpha value is -1.62. The van der Waals surface area contributed by atoms with Gasteiger partial charge in [-0.1, -0.05) is 6.07 Å². The molecule has 0 saturated carbocycles. The molecule has 3 rings (SSSR count). The SMILES string of the molecule is COc1cccc2[nH]c(C(=O)N3CC[C@@H](SC)C3)cc12. The molecule has 1 N–H and O–H groups in total. The number of H-pyrrole nitrogens is 1. The zero-order chi connectivity index (χ0) is 14.1. The van der Waals surface area contributed by atoms with Crippen LogP contribution in [0.5, 0.6) is 5.75 Å². The molecule has 1 saturated heterocycles. The molecule has 106 valence electrons. The van der Waals surface area contributed by atoms with Crippen LogP contribution in [0, 0.1) is 0 Å². The van der Waals surface area contributed by atoms with E-state index >= 15 is 0 Å². The molecule has 0 bridgehead atoms. The number of thioether (sulfide) groups is 1. The van der Waals surface area contributed by atoms with Crippen LogP contribution in [0.2, 0.25) is 0 Å². The number of rotatable bonds is 3. The first kappa shape index (κ1) is 13.4. The minimum atomic E-state index is 0.0832. The molecule has 1 amide bonds. The first-order valence-corrected chi connectivity index (χ1v) is 7.99. The second-order valence-corrected chi connectivity index (χ2v) is 6.14. The van der Waals surface area contributed by atoms with Crippen LogP contribution in [0.3, 0.4) is 0 Å². The summed E-state index contributed by atoms with van der Waals surface area (Å²) in [5.74, 6) is 0.876. The molecule has 1 aromatic heterocycles. The number of ether oxygens (including phenoxy) is 1. The molecule has 20 heavy (non-hydrogen) atoms. The number of methoxy groups -OCH3 is 1. The van der Waals surface area contributed by atoms with Crippen molar-refractivity contribution in [1.29, 1.82) is 0 Å². The summed E-state index contributed by atoms with van der Waals surface area (Å²) in [5.41, 5.74) is 1.58. The van der Waals surface area contributed by atoms with E-state index in [0.717, 1.165) is 36.2 Å². The van der Waals surface area contributed by atoms with Crippen LogP contribution in [0.15, 0.2) is 24.3 Å². The number of aromatic nitrogens is 1. The quantitative estimate of drug-likeness (QED) is 0.945. The summed E-state index contributed by atoms with van der Waals surface area (Å²) in [6, 6.07) is 7.68. The lowest BCUT2D eigenvalue weighted by Crippen LogP contribution is -2.29. The minimum Gasteiger partial charge on any atom is -0.496 e. The standard InChI is InChI=1S/C15H18N2O2S/c1-19-14-5-3-4-12-11(14)8-13(16-12)15(18)17-7-6-10(9-17)20-2/h3-5,8,10,16H,6-7,9H2,1-2H3/t10-/m1/s1. The average molecular weight is 290 g/mol. The Morgan fingerprint density at radius 2 is 2.35 bits per heavy atom. The Morgan fingerprint density at radius 3 is 3.05 bits per heavy atom. The zero-order valence-corrected chi connectivity index (χ0v) is 12.5. The van der Waals surface area contributed by atoms with Gasteiger partial charge in [0, 0.05) is 29.2 Å². The first-order valence-electron chi connectivity index (χ1n) is 6.70. The maximum Gasteiger partial charge on any atom is 0.270 e. The summed E-state index contributed by atoms with van der Waals surface area (Å²) in [4.78, 5) is 17.7. The van der Waals surface area contributed by atoms with Gasteiger partial charge >= 0.3 is 0 Å². The second-order valence-electron chi connectivity index (χ2n) is 5.00. The average Bonchev–Trinajstić information content (AvgIpc) is 3.12. The predicted molar refractivity (Wildman–Crippen MR) is 82.7 cm³/mol. The van der Waals surface area contributed by atoms with E-state index in [4.69, 9.17) is 4.74 Å². The van der Waals surface area contributed by atoms with Crippen molar-refractivity contribution in [1.82, 2.24) is 9.88 Å². The van der Waals surface area contributed by atoms with E-state index in [1.54, 1.807) is 7.11 Å². The maximum absolute atomic E-state index is 12.5. The van der Waals surface area contributed by atoms with Crippen LogP contribution in [-0.2, 0) is 0 Å². The number of likely N-dealkylation sites (tertiary alicyclic amines) is 1. The van der Waals surface area contributed by atoms with Gasteiger partial charge in [0.2, 0.25) is 0 Å². The van der Waals surface area contributed by atoms with Gasteiger partial charge in [0.25, 0.3) is 5.91 Å². The van der Waals surface area contributed by atoms with E-state index in [-0.39, 0.29) is 5.91 Å². The number of amides is 1. The molecule has 2 heterocycles. The van der Waals surface area contributed by atoms with Gasteiger partial charge in [0.1, 0.15) is 11.4 Å². The molecule has 1 aliphatic rings. The summed E-state index contributed by atoms with van der Waals surface area (Å²) in [6.07, 6.45) is 3.18. The minimum absolute atomic E-state index is 0.0832. The molecule has 5 heteroatoms. The van der Waals surface area contributed by atoms with E-state index < -0.39 is 0 Å². The number of aromatic amines is 1. The number of fused-ring (bicyclic) bond motifs is 1. The van der Waals surface area contributed by atoms with Crippen molar-refractivity contribution in [2.45, 2.75) is 11.7 Å². The number of hydrogen-bond donors (Lipinski definition) is 1. The molecule has 4 nitrogen and oxygen atoms in total. The van der Waals surface area contributed by atoms with E-state index in [1.165, 1.54) is 0 Å². The van der Waals surface area contributed by atoms with Crippen LogP contribution < -0.4 is 4.74 Å². The summed E-state index contributed by atoms with van der Waals surface area (Å²) >= 11 is 1.84. The van der Waals surface area contributed by atoms with Crippen LogP contribution >= 0.6 is 11.8 Å². The van der Waals surface area contributed by atoms with Crippen molar-refractivity contribution < 1.29 is 9.53 Å². The Morgan fingerprint density at radius 1 is 1.50 bits per heavy atom. The highest BCUT2D eigenvalue weighted by atomic mass is 32.2. The summed E-state index contributed by atoms with van der Waals surface area (Å²) in [7, 11) is 1.65. The van der Waals surface area contributed by atoms with Gasteiger partial charge in [-0.15, -0.1) is 0 Å². The van der Waals surface area contributed by atoms with Gasteiger partial charge in [-0.3, -0.25) is 4.79 Å². The number of hydrogen-bond acceptors (Lipinski definition) is 3. The highest BCUT2D eigenvalue weighted by Crippen LogP contribution is 2.27. The van der Waals surface area contributed by atoms with Crippen molar-refractivity contribution in [2.75, 3.05) is 26.5 Å². The monoisotopic (exact) mass is 290 g/mol. The van der Waals surface area contributed by atoms with Gasteiger partial charge < -0.3 is 14.6 Å².